The molecule has 5 aliphatic rings. The number of hydrogen-bond acceptors (Lipinski definition) is 7. The first-order valence-electron chi connectivity index (χ1n) is 19.8. The summed E-state index contributed by atoms with van der Waals surface area (Å²) in [5.41, 5.74) is 4.18. The van der Waals surface area contributed by atoms with E-state index < -0.39 is 17.4 Å². The van der Waals surface area contributed by atoms with Crippen LogP contribution in [0.1, 0.15) is 93.5 Å². The third kappa shape index (κ3) is 7.37. The SMILES string of the molecule is C[C@@H](COc1ccnc2c1[C@H](C)CCC2)C[C@H]1Cc2cc3c(cc2C12CCC(Nc1cccc(Cl)c1)(C(=O)O)CC2)OCC(CN1CCC(F)(F)C1)CO3. The van der Waals surface area contributed by atoms with Crippen LogP contribution in [0.3, 0.4) is 0 Å². The van der Waals surface area contributed by atoms with Crippen LogP contribution in [0.15, 0.2) is 48.7 Å². The topological polar surface area (TPSA) is 93.2 Å². The largest absolute Gasteiger partial charge is 0.493 e. The number of halogens is 3. The number of carboxylic acids is 1. The van der Waals surface area contributed by atoms with Gasteiger partial charge in [0.15, 0.2) is 11.5 Å². The first-order valence-corrected chi connectivity index (χ1v) is 20.2. The molecular weight excluding hydrogens is 712 g/mol. The van der Waals surface area contributed by atoms with Crippen LogP contribution in [-0.2, 0) is 23.1 Å². The molecule has 0 bridgehead atoms. The van der Waals surface area contributed by atoms with Gasteiger partial charge in [0.1, 0.15) is 11.3 Å². The third-order valence-electron chi connectivity index (χ3n) is 13.1. The molecule has 3 aliphatic carbocycles. The molecule has 1 saturated heterocycles. The number of nitrogens with one attached hydrogen (secondary N) is 1. The summed E-state index contributed by atoms with van der Waals surface area (Å²) in [4.78, 5) is 19.5. The van der Waals surface area contributed by atoms with Crippen molar-refractivity contribution in [1.82, 2.24) is 9.88 Å². The number of ether oxygens (including phenoxy) is 3. The molecule has 0 radical (unpaired) electrons. The smallest absolute Gasteiger partial charge is 0.329 e. The molecule has 54 heavy (non-hydrogen) atoms. The van der Waals surface area contributed by atoms with Gasteiger partial charge >= 0.3 is 5.97 Å². The lowest BCUT2D eigenvalue weighted by Crippen LogP contribution is -2.53. The molecule has 2 fully saturated rings. The molecule has 1 unspecified atom stereocenters. The van der Waals surface area contributed by atoms with Crippen molar-refractivity contribution in [2.24, 2.45) is 17.8 Å². The van der Waals surface area contributed by atoms with Crippen molar-refractivity contribution < 1.29 is 32.9 Å². The van der Waals surface area contributed by atoms with Crippen LogP contribution in [0.2, 0.25) is 5.02 Å². The summed E-state index contributed by atoms with van der Waals surface area (Å²) in [5.74, 6) is -0.233. The Hall–Kier alpha value is -3.63. The summed E-state index contributed by atoms with van der Waals surface area (Å²) < 4.78 is 47.2. The normalized spacial score (nSPS) is 29.2. The predicted molar refractivity (Wildman–Crippen MR) is 205 cm³/mol. The molecule has 11 heteroatoms. The van der Waals surface area contributed by atoms with Gasteiger partial charge in [0.05, 0.1) is 26.4 Å². The van der Waals surface area contributed by atoms with Gasteiger partial charge in [0.2, 0.25) is 0 Å². The van der Waals surface area contributed by atoms with E-state index in [1.807, 2.05) is 29.3 Å². The lowest BCUT2D eigenvalue weighted by molar-refractivity contribution is -0.144. The predicted octanol–water partition coefficient (Wildman–Crippen LogP) is 8.93. The number of benzene rings is 2. The minimum Gasteiger partial charge on any atom is -0.493 e. The Balaban J connectivity index is 1.03. The molecule has 0 amide bonds. The zero-order valence-corrected chi connectivity index (χ0v) is 32.1. The first kappa shape index (κ1) is 37.3. The number of nitrogens with zero attached hydrogens (tertiary/aromatic N) is 2. The Labute approximate surface area is 321 Å². The second-order valence-electron chi connectivity index (χ2n) is 17.0. The number of anilines is 1. The van der Waals surface area contributed by atoms with Gasteiger partial charge in [0.25, 0.3) is 5.92 Å². The van der Waals surface area contributed by atoms with Gasteiger partial charge in [0, 0.05) is 53.6 Å². The highest BCUT2D eigenvalue weighted by Crippen LogP contribution is 2.58. The summed E-state index contributed by atoms with van der Waals surface area (Å²) >= 11 is 6.29. The molecule has 1 saturated carbocycles. The first-order chi connectivity index (χ1) is 25.9. The second kappa shape index (κ2) is 14.8. The summed E-state index contributed by atoms with van der Waals surface area (Å²) in [6.45, 7) is 6.59. The van der Waals surface area contributed by atoms with Crippen molar-refractivity contribution in [3.63, 3.8) is 0 Å². The second-order valence-corrected chi connectivity index (χ2v) is 17.4. The van der Waals surface area contributed by atoms with Gasteiger partial charge < -0.3 is 24.6 Å². The van der Waals surface area contributed by atoms with Gasteiger partial charge in [-0.1, -0.05) is 31.5 Å². The number of aliphatic carboxylic acids is 1. The fraction of sp³-hybridized carbons (Fsp3) is 0.581. The molecular formula is C43H52ClF2N3O5. The molecule has 8 rings (SSSR count). The highest BCUT2D eigenvalue weighted by molar-refractivity contribution is 6.30. The minimum atomic E-state index is -2.64. The number of aromatic nitrogens is 1. The van der Waals surface area contributed by atoms with Crippen LogP contribution >= 0.6 is 11.6 Å². The Morgan fingerprint density at radius 1 is 1.11 bits per heavy atom. The van der Waals surface area contributed by atoms with Crippen LogP contribution < -0.4 is 19.5 Å². The highest BCUT2D eigenvalue weighted by atomic mass is 35.5. The van der Waals surface area contributed by atoms with E-state index in [9.17, 15) is 18.7 Å². The summed E-state index contributed by atoms with van der Waals surface area (Å²) in [6, 6.07) is 13.6. The van der Waals surface area contributed by atoms with E-state index in [0.29, 0.717) is 86.7 Å². The maximum Gasteiger partial charge on any atom is 0.329 e. The summed E-state index contributed by atoms with van der Waals surface area (Å²) in [6.07, 6.45) is 9.13. The molecule has 1 spiro atoms. The number of aryl methyl sites for hydroxylation is 1. The zero-order chi connectivity index (χ0) is 37.7. The molecule has 1 aromatic heterocycles. The van der Waals surface area contributed by atoms with E-state index in [1.165, 1.54) is 16.7 Å². The van der Waals surface area contributed by atoms with Crippen molar-refractivity contribution in [1.29, 1.82) is 0 Å². The Morgan fingerprint density at radius 3 is 2.61 bits per heavy atom. The zero-order valence-electron chi connectivity index (χ0n) is 31.4. The Morgan fingerprint density at radius 2 is 1.89 bits per heavy atom. The number of carbonyl (C=O) groups is 1. The van der Waals surface area contributed by atoms with E-state index in [0.717, 1.165) is 43.5 Å². The average molecular weight is 764 g/mol. The van der Waals surface area contributed by atoms with Gasteiger partial charge in [-0.3, -0.25) is 9.88 Å². The molecule has 4 atom stereocenters. The quantitative estimate of drug-likeness (QED) is 0.212. The number of rotatable bonds is 10. The maximum absolute atomic E-state index is 13.9. The van der Waals surface area contributed by atoms with Crippen LogP contribution in [-0.4, -0.2) is 71.9 Å². The monoisotopic (exact) mass is 763 g/mol. The number of likely N-dealkylation sites (tertiary alicyclic amines) is 1. The van der Waals surface area contributed by atoms with E-state index in [1.54, 1.807) is 12.1 Å². The fourth-order valence-corrected chi connectivity index (χ4v) is 10.4. The number of hydrogen-bond donors (Lipinski definition) is 2. The van der Waals surface area contributed by atoms with E-state index >= 15 is 0 Å². The van der Waals surface area contributed by atoms with Crippen LogP contribution in [0.4, 0.5) is 14.5 Å². The lowest BCUT2D eigenvalue weighted by Gasteiger charge is -2.47. The number of pyridine rings is 1. The van der Waals surface area contributed by atoms with Gasteiger partial charge in [-0.2, -0.15) is 0 Å². The van der Waals surface area contributed by atoms with E-state index in [4.69, 9.17) is 25.8 Å². The summed E-state index contributed by atoms with van der Waals surface area (Å²) in [5, 5.41) is 14.6. The Bertz CT molecular complexity index is 1870. The van der Waals surface area contributed by atoms with Gasteiger partial charge in [-0.15, -0.1) is 0 Å². The van der Waals surface area contributed by atoms with Gasteiger partial charge in [-0.25, -0.2) is 13.6 Å². The minimum absolute atomic E-state index is 0.0267. The standard InChI is InChI=1S/C43H52ClF2N3O5/c1-27(23-52-36-9-15-47-35-8-3-5-28(2)39(35)36)17-31-18-30-19-37-38(54-25-29(24-53-37)22-49-16-14-43(45,46)26-49)21-34(30)41(31)10-12-42(13-11-41,40(50)51)48-33-7-4-6-32(44)20-33/h4,6-7,9,15,19-21,27-29,31,48H,3,5,8,10-14,16-18,22-26H2,1-2H3,(H,50,51)/t27-,28-,29?,31+,41?,42?/m1/s1. The molecule has 2 N–H and O–H groups in total. The molecule has 3 heterocycles. The number of carboxylic acid groups (broad SMARTS) is 1. The molecule has 8 nitrogen and oxygen atoms in total. The molecule has 3 aromatic rings. The molecule has 290 valence electrons. The average Bonchev–Trinajstić information content (AvgIpc) is 3.54. The van der Waals surface area contributed by atoms with Gasteiger partial charge in [-0.05, 0) is 128 Å². The number of alkyl halides is 2. The van der Waals surface area contributed by atoms with Crippen LogP contribution in [0.25, 0.3) is 0 Å². The van der Waals surface area contributed by atoms with Crippen LogP contribution in [0, 0.1) is 17.8 Å². The van der Waals surface area contributed by atoms with Crippen LogP contribution in [0.5, 0.6) is 17.2 Å². The third-order valence-corrected chi connectivity index (χ3v) is 13.3. The van der Waals surface area contributed by atoms with E-state index in [-0.39, 0.29) is 36.1 Å². The summed E-state index contributed by atoms with van der Waals surface area (Å²) in [7, 11) is 0. The Kier molecular flexibility index (Phi) is 10.2. The van der Waals surface area contributed by atoms with Crippen molar-refractivity contribution in [2.45, 2.75) is 101 Å². The van der Waals surface area contributed by atoms with Crippen molar-refractivity contribution in [3.8, 4) is 17.2 Å². The lowest BCUT2D eigenvalue weighted by atomic mass is 9.59. The number of fused-ring (bicyclic) bond motifs is 4. The molecule has 2 aromatic carbocycles. The van der Waals surface area contributed by atoms with E-state index in [2.05, 4.69) is 36.3 Å². The molecule has 2 aliphatic heterocycles. The van der Waals surface area contributed by atoms with Crippen molar-refractivity contribution >= 4 is 23.3 Å². The van der Waals surface area contributed by atoms with Crippen molar-refractivity contribution in [3.05, 3.63) is 76.1 Å². The fourth-order valence-electron chi connectivity index (χ4n) is 10.2. The van der Waals surface area contributed by atoms with Crippen molar-refractivity contribution in [2.75, 3.05) is 44.8 Å². The highest BCUT2D eigenvalue weighted by Gasteiger charge is 2.54. The maximum atomic E-state index is 13.9.